The first kappa shape index (κ1) is 30.9. The minimum absolute atomic E-state index is 0.0155. The molecule has 1 amide bonds. The molecule has 0 radical (unpaired) electrons. The second-order valence-electron chi connectivity index (χ2n) is 9.96. The zero-order valence-corrected chi connectivity index (χ0v) is 24.3. The molecule has 0 unspecified atom stereocenters. The Morgan fingerprint density at radius 1 is 1.12 bits per heavy atom. The van der Waals surface area contributed by atoms with Gasteiger partial charge in [-0.1, -0.05) is 41.4 Å². The average Bonchev–Trinajstić information content (AvgIpc) is 3.32. The lowest BCUT2D eigenvalue weighted by Crippen LogP contribution is -2.42. The smallest absolute Gasteiger partial charge is 0.338 e. The second-order valence-corrected chi connectivity index (χ2v) is 10.8. The van der Waals surface area contributed by atoms with Gasteiger partial charge in [0, 0.05) is 38.9 Å². The molecule has 3 aromatic rings. The van der Waals surface area contributed by atoms with Gasteiger partial charge in [0.25, 0.3) is 0 Å². The monoisotopic (exact) mass is 616 g/mol. The number of benzene rings is 3. The van der Waals surface area contributed by atoms with E-state index in [0.717, 1.165) is 0 Å². The van der Waals surface area contributed by atoms with Crippen molar-refractivity contribution in [1.29, 1.82) is 0 Å². The highest BCUT2D eigenvalue weighted by molar-refractivity contribution is 6.31. The molecule has 0 bridgehead atoms. The summed E-state index contributed by atoms with van der Waals surface area (Å²) >= 11 is 12.1. The summed E-state index contributed by atoms with van der Waals surface area (Å²) in [5.74, 6) is -4.14. The maximum atomic E-state index is 15.3. The van der Waals surface area contributed by atoms with Gasteiger partial charge in [-0.2, -0.15) is 0 Å². The van der Waals surface area contributed by atoms with Gasteiger partial charge in [0.2, 0.25) is 11.9 Å². The lowest BCUT2D eigenvalue weighted by Gasteiger charge is -2.21. The van der Waals surface area contributed by atoms with Crippen LogP contribution in [0, 0.1) is 29.8 Å². The SMILES string of the molecule is COC(=O)c1ccc(C(=O)C[C@@H]2N[C@@H](C(=O)Nc3cc(Cl)ccc3C)[C@@H](c3cccc(Cl)c3F)[C@@H]2[N+](=O)[O-])c(N)c1C. The number of nitrogens with two attached hydrogens (primary N) is 1. The Morgan fingerprint density at radius 3 is 2.48 bits per heavy atom. The van der Waals surface area contributed by atoms with Gasteiger partial charge in [-0.05, 0) is 55.3 Å². The Balaban J connectivity index is 1.73. The predicted octanol–water partition coefficient (Wildman–Crippen LogP) is 5.10. The molecule has 10 nitrogen and oxygen atoms in total. The van der Waals surface area contributed by atoms with Gasteiger partial charge in [0.15, 0.2) is 5.78 Å². The number of esters is 1. The van der Waals surface area contributed by atoms with E-state index in [2.05, 4.69) is 10.6 Å². The molecule has 0 saturated carbocycles. The largest absolute Gasteiger partial charge is 0.465 e. The summed E-state index contributed by atoms with van der Waals surface area (Å²) in [6.07, 6.45) is -0.453. The van der Waals surface area contributed by atoms with Crippen LogP contribution < -0.4 is 16.4 Å². The first-order valence-electron chi connectivity index (χ1n) is 12.8. The highest BCUT2D eigenvalue weighted by Crippen LogP contribution is 2.39. The van der Waals surface area contributed by atoms with Gasteiger partial charge in [0.05, 0.1) is 29.7 Å². The predicted molar refractivity (Wildman–Crippen MR) is 156 cm³/mol. The third kappa shape index (κ3) is 5.94. The molecule has 1 saturated heterocycles. The summed E-state index contributed by atoms with van der Waals surface area (Å²) in [5.41, 5.74) is 7.59. The van der Waals surface area contributed by atoms with Crippen molar-refractivity contribution in [1.82, 2.24) is 5.32 Å². The topological polar surface area (TPSA) is 154 Å². The molecule has 4 N–H and O–H groups in total. The van der Waals surface area contributed by atoms with E-state index in [1.54, 1.807) is 26.0 Å². The molecule has 13 heteroatoms. The summed E-state index contributed by atoms with van der Waals surface area (Å²) in [6.45, 7) is 3.28. The van der Waals surface area contributed by atoms with Crippen LogP contribution in [-0.2, 0) is 9.53 Å². The quantitative estimate of drug-likeness (QED) is 0.104. The van der Waals surface area contributed by atoms with E-state index >= 15 is 4.39 Å². The normalized spacial score (nSPS) is 19.8. The van der Waals surface area contributed by atoms with Crippen molar-refractivity contribution in [3.05, 3.63) is 102 Å². The standard InChI is InChI=1S/C29H27Cl2FN4O6/c1-13-7-8-15(30)11-20(13)35-28(38)26-23(18-5-4-6-19(31)24(18)32)27(36(40)41)21(34-26)12-22(37)17-10-9-16(29(39)42-3)14(2)25(17)33/h4-11,21,23,26-27,34H,12,33H2,1-3H3,(H,35,38)/t21-,23+,26+,27+/m0/s1. The zero-order chi connectivity index (χ0) is 30.9. The van der Waals surface area contributed by atoms with E-state index in [1.165, 1.54) is 43.5 Å². The van der Waals surface area contributed by atoms with E-state index in [-0.39, 0.29) is 27.4 Å². The van der Waals surface area contributed by atoms with E-state index in [4.69, 9.17) is 33.7 Å². The van der Waals surface area contributed by atoms with Crippen molar-refractivity contribution in [2.45, 2.75) is 44.3 Å². The molecule has 1 fully saturated rings. The first-order valence-corrected chi connectivity index (χ1v) is 13.5. The molecule has 220 valence electrons. The highest BCUT2D eigenvalue weighted by atomic mass is 35.5. The van der Waals surface area contributed by atoms with E-state index in [9.17, 15) is 24.5 Å². The van der Waals surface area contributed by atoms with Crippen LogP contribution in [0.25, 0.3) is 0 Å². The zero-order valence-electron chi connectivity index (χ0n) is 22.7. The van der Waals surface area contributed by atoms with Crippen LogP contribution >= 0.6 is 23.2 Å². The fourth-order valence-corrected chi connectivity index (χ4v) is 5.62. The van der Waals surface area contributed by atoms with Gasteiger partial charge in [0.1, 0.15) is 11.9 Å². The number of halogens is 3. The fraction of sp³-hybridized carbons (Fsp3) is 0.276. The molecular formula is C29H27Cl2FN4O6. The molecule has 3 aromatic carbocycles. The number of anilines is 2. The summed E-state index contributed by atoms with van der Waals surface area (Å²) in [5, 5.41) is 18.2. The molecule has 0 aromatic heterocycles. The molecule has 1 aliphatic rings. The van der Waals surface area contributed by atoms with Crippen molar-refractivity contribution in [2.75, 3.05) is 18.2 Å². The third-order valence-corrected chi connectivity index (χ3v) is 8.01. The molecule has 4 rings (SSSR count). The van der Waals surface area contributed by atoms with Gasteiger partial charge >= 0.3 is 5.97 Å². The van der Waals surface area contributed by atoms with Gasteiger partial charge in [-0.3, -0.25) is 25.0 Å². The number of nitrogens with zero attached hydrogens (tertiary/aromatic N) is 1. The summed E-state index contributed by atoms with van der Waals surface area (Å²) in [6, 6.07) is 7.48. The Kier molecular flexibility index (Phi) is 9.15. The first-order chi connectivity index (χ1) is 19.8. The van der Waals surface area contributed by atoms with Crippen molar-refractivity contribution in [3.63, 3.8) is 0 Å². The summed E-state index contributed by atoms with van der Waals surface area (Å²) in [7, 11) is 1.21. The van der Waals surface area contributed by atoms with Gasteiger partial charge < -0.3 is 15.8 Å². The number of carbonyl (C=O) groups is 3. The number of nitrogen functional groups attached to an aromatic ring is 1. The van der Waals surface area contributed by atoms with Crippen LogP contribution in [0.3, 0.4) is 0 Å². The minimum Gasteiger partial charge on any atom is -0.465 e. The number of nitro groups is 1. The maximum Gasteiger partial charge on any atom is 0.338 e. The number of aryl methyl sites for hydroxylation is 1. The summed E-state index contributed by atoms with van der Waals surface area (Å²) in [4.78, 5) is 50.9. The van der Waals surface area contributed by atoms with Gasteiger partial charge in [-0.15, -0.1) is 0 Å². The van der Waals surface area contributed by atoms with Crippen LogP contribution in [-0.4, -0.2) is 47.8 Å². The van der Waals surface area contributed by atoms with Crippen LogP contribution in [0.5, 0.6) is 0 Å². The molecule has 0 spiro atoms. The Morgan fingerprint density at radius 2 is 1.81 bits per heavy atom. The molecule has 0 aliphatic carbocycles. The number of methoxy groups -OCH3 is 1. The van der Waals surface area contributed by atoms with Crippen molar-refractivity contribution < 1.29 is 28.4 Å². The Labute approximate surface area is 250 Å². The van der Waals surface area contributed by atoms with Crippen LogP contribution in [0.4, 0.5) is 15.8 Å². The van der Waals surface area contributed by atoms with Crippen molar-refractivity contribution >= 4 is 52.2 Å². The molecular weight excluding hydrogens is 590 g/mol. The number of nitrogens with one attached hydrogen (secondary N) is 2. The van der Waals surface area contributed by atoms with Crippen LogP contribution in [0.15, 0.2) is 48.5 Å². The third-order valence-electron chi connectivity index (χ3n) is 7.48. The number of rotatable bonds is 8. The van der Waals surface area contributed by atoms with Crippen LogP contribution in [0.1, 0.15) is 49.7 Å². The highest BCUT2D eigenvalue weighted by Gasteiger charge is 2.55. The maximum absolute atomic E-state index is 15.3. The second kappa shape index (κ2) is 12.4. The van der Waals surface area contributed by atoms with Crippen molar-refractivity contribution in [2.24, 2.45) is 0 Å². The van der Waals surface area contributed by atoms with E-state index in [0.29, 0.717) is 21.8 Å². The Hall–Kier alpha value is -4.06. The number of carbonyl (C=O) groups excluding carboxylic acids is 3. The molecule has 1 heterocycles. The van der Waals surface area contributed by atoms with Crippen LogP contribution in [0.2, 0.25) is 10.0 Å². The van der Waals surface area contributed by atoms with Crippen molar-refractivity contribution in [3.8, 4) is 0 Å². The lowest BCUT2D eigenvalue weighted by molar-refractivity contribution is -0.526. The number of hydrogen-bond donors (Lipinski definition) is 3. The van der Waals surface area contributed by atoms with E-state index < -0.39 is 58.9 Å². The number of Topliss-reactive ketones (excluding diaryl/α,β-unsaturated/α-hetero) is 1. The number of ketones is 1. The minimum atomic E-state index is -1.60. The number of hydrogen-bond acceptors (Lipinski definition) is 8. The molecule has 1 aliphatic heterocycles. The van der Waals surface area contributed by atoms with E-state index in [1.807, 2.05) is 0 Å². The fourth-order valence-electron chi connectivity index (χ4n) is 5.27. The average molecular weight is 617 g/mol. The van der Waals surface area contributed by atoms with Gasteiger partial charge in [-0.25, -0.2) is 9.18 Å². The number of amides is 1. The summed E-state index contributed by atoms with van der Waals surface area (Å²) < 4.78 is 20.0. The lowest BCUT2D eigenvalue weighted by atomic mass is 9.84. The Bertz CT molecular complexity index is 1600. The molecule has 4 atom stereocenters. The molecule has 42 heavy (non-hydrogen) atoms. The number of ether oxygens (including phenoxy) is 1.